The Morgan fingerprint density at radius 2 is 2.04 bits per heavy atom. The van der Waals surface area contributed by atoms with Crippen LogP contribution in [0.3, 0.4) is 0 Å². The maximum Gasteiger partial charge on any atom is 0.411 e. The molecule has 0 aliphatic heterocycles. The van der Waals surface area contributed by atoms with Crippen LogP contribution in [0, 0.1) is 11.6 Å². The summed E-state index contributed by atoms with van der Waals surface area (Å²) in [7, 11) is 0. The van der Waals surface area contributed by atoms with Gasteiger partial charge in [-0.2, -0.15) is 0 Å². The smallest absolute Gasteiger partial charge is 0.411 e. The molecule has 0 radical (unpaired) electrons. The second-order valence-corrected chi connectivity index (χ2v) is 5.99. The monoisotopic (exact) mass is 329 g/mol. The van der Waals surface area contributed by atoms with Crippen LogP contribution in [0.4, 0.5) is 13.6 Å². The molecular weight excluding hydrogens is 308 g/mol. The van der Waals surface area contributed by atoms with E-state index in [0.29, 0.717) is 6.07 Å². The van der Waals surface area contributed by atoms with Crippen molar-refractivity contribution in [3.05, 3.63) is 42.0 Å². The lowest BCUT2D eigenvalue weighted by molar-refractivity contribution is 0.0125. The summed E-state index contributed by atoms with van der Waals surface area (Å²) in [6, 6.07) is 0.608. The van der Waals surface area contributed by atoms with Crippen LogP contribution < -0.4 is 0 Å². The van der Waals surface area contributed by atoms with Crippen molar-refractivity contribution in [3.8, 4) is 5.75 Å². The summed E-state index contributed by atoms with van der Waals surface area (Å²) in [5, 5.41) is 19.1. The molecule has 0 aliphatic rings. The molecule has 0 fully saturated rings. The van der Waals surface area contributed by atoms with E-state index in [1.54, 1.807) is 20.8 Å². The summed E-state index contributed by atoms with van der Waals surface area (Å²) in [4.78, 5) is 13.3. The summed E-state index contributed by atoms with van der Waals surface area (Å²) in [5.74, 6) is -2.79. The predicted octanol–water partition coefficient (Wildman–Crippen LogP) is 2.95. The molecule has 2 N–H and O–H groups in total. The molecule has 1 atom stereocenters. The molecule has 0 bridgehead atoms. The molecule has 0 aromatic heterocycles. The van der Waals surface area contributed by atoms with Crippen molar-refractivity contribution in [2.75, 3.05) is 6.61 Å². The van der Waals surface area contributed by atoms with E-state index in [1.165, 1.54) is 6.08 Å². The van der Waals surface area contributed by atoms with Crippen LogP contribution in [0.15, 0.2) is 24.8 Å². The van der Waals surface area contributed by atoms with Crippen LogP contribution in [0.1, 0.15) is 26.3 Å². The molecule has 128 valence electrons. The van der Waals surface area contributed by atoms with Gasteiger partial charge in [-0.1, -0.05) is 6.08 Å². The summed E-state index contributed by atoms with van der Waals surface area (Å²) < 4.78 is 32.0. The number of phenolic OH excluding ortho intramolecular Hbond substituents is 1. The van der Waals surface area contributed by atoms with Crippen molar-refractivity contribution in [1.29, 1.82) is 0 Å². The zero-order chi connectivity index (χ0) is 17.8. The Hall–Kier alpha value is -2.15. The van der Waals surface area contributed by atoms with E-state index in [9.17, 15) is 23.8 Å². The van der Waals surface area contributed by atoms with E-state index in [-0.39, 0.29) is 12.1 Å². The lowest BCUT2D eigenvalue weighted by Gasteiger charge is -2.31. The highest BCUT2D eigenvalue weighted by Crippen LogP contribution is 2.25. The second-order valence-electron chi connectivity index (χ2n) is 5.99. The van der Waals surface area contributed by atoms with Crippen molar-refractivity contribution in [2.45, 2.75) is 39.0 Å². The summed E-state index contributed by atoms with van der Waals surface area (Å²) >= 11 is 0. The van der Waals surface area contributed by atoms with Gasteiger partial charge in [0.05, 0.1) is 19.2 Å². The summed E-state index contributed by atoms with van der Waals surface area (Å²) in [6.45, 7) is 7.67. The molecule has 0 heterocycles. The van der Waals surface area contributed by atoms with Gasteiger partial charge in [-0.05, 0) is 26.8 Å². The van der Waals surface area contributed by atoms with Crippen LogP contribution >= 0.6 is 0 Å². The molecule has 0 unspecified atom stereocenters. The fourth-order valence-corrected chi connectivity index (χ4v) is 1.86. The van der Waals surface area contributed by atoms with Crippen molar-refractivity contribution >= 4 is 6.09 Å². The van der Waals surface area contributed by atoms with E-state index < -0.39 is 41.7 Å². The Labute approximate surface area is 133 Å². The number of hydrogen-bond acceptors (Lipinski definition) is 4. The van der Waals surface area contributed by atoms with Gasteiger partial charge in [-0.3, -0.25) is 4.90 Å². The van der Waals surface area contributed by atoms with Crippen molar-refractivity contribution < 1.29 is 28.5 Å². The quantitative estimate of drug-likeness (QED) is 0.815. The third-order valence-corrected chi connectivity index (χ3v) is 2.94. The maximum atomic E-state index is 13.4. The van der Waals surface area contributed by atoms with Gasteiger partial charge in [-0.25, -0.2) is 13.6 Å². The molecular formula is C16H21F2NO4. The highest BCUT2D eigenvalue weighted by molar-refractivity contribution is 5.69. The minimum Gasteiger partial charge on any atom is -0.505 e. The number of ether oxygens (including phenoxy) is 1. The fourth-order valence-electron chi connectivity index (χ4n) is 1.86. The Morgan fingerprint density at radius 1 is 1.43 bits per heavy atom. The maximum absolute atomic E-state index is 13.4. The van der Waals surface area contributed by atoms with E-state index in [4.69, 9.17) is 4.74 Å². The third-order valence-electron chi connectivity index (χ3n) is 2.94. The Kier molecular flexibility index (Phi) is 6.09. The van der Waals surface area contributed by atoms with Crippen molar-refractivity contribution in [3.63, 3.8) is 0 Å². The molecule has 23 heavy (non-hydrogen) atoms. The predicted molar refractivity (Wildman–Crippen MR) is 80.9 cm³/mol. The second kappa shape index (κ2) is 7.41. The van der Waals surface area contributed by atoms with Crippen LogP contribution in [0.25, 0.3) is 0 Å². The number of rotatable bonds is 5. The Morgan fingerprint density at radius 3 is 2.52 bits per heavy atom. The number of phenols is 1. The number of carbonyl (C=O) groups excluding carboxylic acids is 1. The number of aliphatic hydroxyl groups excluding tert-OH is 1. The highest BCUT2D eigenvalue weighted by Gasteiger charge is 2.28. The van der Waals surface area contributed by atoms with Crippen LogP contribution in [-0.4, -0.2) is 39.5 Å². The number of aliphatic hydroxyl groups is 1. The lowest BCUT2D eigenvalue weighted by Crippen LogP contribution is -2.43. The third kappa shape index (κ3) is 5.21. The van der Waals surface area contributed by atoms with Crippen molar-refractivity contribution in [2.24, 2.45) is 0 Å². The van der Waals surface area contributed by atoms with Gasteiger partial charge in [0.1, 0.15) is 11.4 Å². The average Bonchev–Trinajstić information content (AvgIpc) is 2.42. The zero-order valence-corrected chi connectivity index (χ0v) is 13.3. The molecule has 1 aromatic rings. The summed E-state index contributed by atoms with van der Waals surface area (Å²) in [6.07, 6.45) is 0.497. The average molecular weight is 329 g/mol. The number of nitrogens with zero attached hydrogens (tertiary/aromatic N) is 1. The molecule has 0 aliphatic carbocycles. The van der Waals surface area contributed by atoms with Crippen LogP contribution in [0.5, 0.6) is 5.75 Å². The van der Waals surface area contributed by atoms with Gasteiger partial charge in [0.15, 0.2) is 11.6 Å². The first kappa shape index (κ1) is 18.9. The first-order valence-corrected chi connectivity index (χ1v) is 6.99. The molecule has 1 amide bonds. The lowest BCUT2D eigenvalue weighted by atomic mass is 10.1. The van der Waals surface area contributed by atoms with Crippen LogP contribution in [-0.2, 0) is 11.3 Å². The van der Waals surface area contributed by atoms with E-state index in [1.807, 2.05) is 0 Å². The van der Waals surface area contributed by atoms with Gasteiger partial charge in [0, 0.05) is 11.6 Å². The molecule has 5 nitrogen and oxygen atoms in total. The van der Waals surface area contributed by atoms with Gasteiger partial charge in [0.2, 0.25) is 0 Å². The topological polar surface area (TPSA) is 70.0 Å². The van der Waals surface area contributed by atoms with Gasteiger partial charge < -0.3 is 14.9 Å². The Bertz CT molecular complexity index is 584. The number of halogens is 2. The number of amides is 1. The summed E-state index contributed by atoms with van der Waals surface area (Å²) in [5.41, 5.74) is -0.945. The molecule has 1 aromatic carbocycles. The van der Waals surface area contributed by atoms with E-state index in [0.717, 1.165) is 11.0 Å². The normalized spacial score (nSPS) is 12.6. The molecule has 1 rings (SSSR count). The largest absolute Gasteiger partial charge is 0.505 e. The van der Waals surface area contributed by atoms with Crippen LogP contribution in [0.2, 0.25) is 0 Å². The fraction of sp³-hybridized carbons (Fsp3) is 0.438. The first-order valence-electron chi connectivity index (χ1n) is 6.99. The minimum atomic E-state index is -1.14. The number of carbonyl (C=O) groups is 1. The number of hydrogen-bond donors (Lipinski definition) is 2. The first-order chi connectivity index (χ1) is 10.6. The standard InChI is InChI=1S/C16H21F2NO4/c1-5-12(9-20)19(15(22)23-16(2,3)4)8-10-6-11(17)7-13(18)14(10)21/h5-7,12,20-21H,1,8-9H2,2-4H3/t12-/m1/s1. The minimum absolute atomic E-state index is 0.145. The molecule has 0 saturated heterocycles. The van der Waals surface area contributed by atoms with Crippen molar-refractivity contribution in [1.82, 2.24) is 4.90 Å². The highest BCUT2D eigenvalue weighted by atomic mass is 19.1. The van der Waals surface area contributed by atoms with E-state index in [2.05, 4.69) is 6.58 Å². The molecule has 0 saturated carbocycles. The SMILES string of the molecule is C=C[C@H](CO)N(Cc1cc(F)cc(F)c1O)C(=O)OC(C)(C)C. The van der Waals surface area contributed by atoms with Gasteiger partial charge in [-0.15, -0.1) is 6.58 Å². The number of aromatic hydroxyl groups is 1. The zero-order valence-electron chi connectivity index (χ0n) is 13.3. The van der Waals surface area contributed by atoms with E-state index >= 15 is 0 Å². The van der Waals surface area contributed by atoms with Gasteiger partial charge >= 0.3 is 6.09 Å². The molecule has 7 heteroatoms. The van der Waals surface area contributed by atoms with Gasteiger partial charge in [0.25, 0.3) is 0 Å². The number of benzene rings is 1. The Balaban J connectivity index is 3.16. The molecule has 0 spiro atoms.